The number of benzene rings is 1. The third-order valence-corrected chi connectivity index (χ3v) is 2.49. The number of carboxylic acids is 1. The first kappa shape index (κ1) is 11.6. The first-order valence-electron chi connectivity index (χ1n) is 4.78. The van der Waals surface area contributed by atoms with Crippen molar-refractivity contribution in [2.45, 2.75) is 0 Å². The van der Waals surface area contributed by atoms with E-state index in [0.29, 0.717) is 5.75 Å². The molecule has 86 valence electrons. The van der Waals surface area contributed by atoms with Gasteiger partial charge in [0, 0.05) is 10.7 Å². The van der Waals surface area contributed by atoms with Gasteiger partial charge in [-0.3, -0.25) is 0 Å². The van der Waals surface area contributed by atoms with Crippen molar-refractivity contribution < 1.29 is 14.6 Å². The average Bonchev–Trinajstić information content (AvgIpc) is 2.29. The van der Waals surface area contributed by atoms with E-state index in [1.165, 1.54) is 6.20 Å². The maximum absolute atomic E-state index is 10.9. The van der Waals surface area contributed by atoms with E-state index in [9.17, 15) is 4.79 Å². The zero-order valence-corrected chi connectivity index (χ0v) is 10.2. The van der Waals surface area contributed by atoms with Crippen LogP contribution in [0.5, 0.6) is 11.5 Å². The number of carbonyl (C=O) groups is 1. The Balaban J connectivity index is 2.33. The van der Waals surface area contributed by atoms with Gasteiger partial charge in [0.25, 0.3) is 0 Å². The van der Waals surface area contributed by atoms with Crippen molar-refractivity contribution >= 4 is 21.9 Å². The SMILES string of the molecule is O=C(O)c1ncccc1Oc1cccc(Br)c1. The summed E-state index contributed by atoms with van der Waals surface area (Å²) in [5.74, 6) is -0.344. The molecule has 0 aliphatic carbocycles. The second-order valence-electron chi connectivity index (χ2n) is 3.21. The number of halogens is 1. The van der Waals surface area contributed by atoms with Crippen molar-refractivity contribution in [2.75, 3.05) is 0 Å². The number of carboxylic acid groups (broad SMARTS) is 1. The molecule has 0 saturated carbocycles. The molecule has 1 aromatic carbocycles. The van der Waals surface area contributed by atoms with Crippen LogP contribution in [0, 0.1) is 0 Å². The second kappa shape index (κ2) is 4.97. The Morgan fingerprint density at radius 2 is 2.12 bits per heavy atom. The highest BCUT2D eigenvalue weighted by Crippen LogP contribution is 2.26. The summed E-state index contributed by atoms with van der Waals surface area (Å²) in [7, 11) is 0. The minimum absolute atomic E-state index is 0.104. The molecule has 0 fully saturated rings. The van der Waals surface area contributed by atoms with Gasteiger partial charge in [0.15, 0.2) is 11.4 Å². The maximum Gasteiger partial charge on any atom is 0.358 e. The Morgan fingerprint density at radius 1 is 1.29 bits per heavy atom. The number of rotatable bonds is 3. The van der Waals surface area contributed by atoms with Gasteiger partial charge in [0.1, 0.15) is 5.75 Å². The minimum Gasteiger partial charge on any atom is -0.476 e. The largest absolute Gasteiger partial charge is 0.476 e. The van der Waals surface area contributed by atoms with Gasteiger partial charge in [-0.15, -0.1) is 0 Å². The number of hydrogen-bond donors (Lipinski definition) is 1. The van der Waals surface area contributed by atoms with E-state index in [2.05, 4.69) is 20.9 Å². The number of aromatic carboxylic acids is 1. The maximum atomic E-state index is 10.9. The number of ether oxygens (including phenoxy) is 1. The molecule has 0 saturated heterocycles. The van der Waals surface area contributed by atoms with E-state index < -0.39 is 5.97 Å². The fraction of sp³-hybridized carbons (Fsp3) is 0. The molecule has 4 nitrogen and oxygen atoms in total. The summed E-state index contributed by atoms with van der Waals surface area (Å²) in [6.45, 7) is 0. The molecule has 0 aliphatic heterocycles. The third kappa shape index (κ3) is 2.82. The zero-order chi connectivity index (χ0) is 12.3. The molecule has 0 bridgehead atoms. The summed E-state index contributed by atoms with van der Waals surface area (Å²) >= 11 is 3.31. The van der Waals surface area contributed by atoms with Gasteiger partial charge >= 0.3 is 5.97 Å². The van der Waals surface area contributed by atoms with Gasteiger partial charge in [-0.05, 0) is 30.3 Å². The lowest BCUT2D eigenvalue weighted by Crippen LogP contribution is -2.02. The Morgan fingerprint density at radius 3 is 2.82 bits per heavy atom. The molecule has 0 amide bonds. The molecule has 0 unspecified atom stereocenters. The highest BCUT2D eigenvalue weighted by atomic mass is 79.9. The Kier molecular flexibility index (Phi) is 3.39. The van der Waals surface area contributed by atoms with Crippen LogP contribution in [0.1, 0.15) is 10.5 Å². The van der Waals surface area contributed by atoms with Crippen molar-refractivity contribution in [3.8, 4) is 11.5 Å². The van der Waals surface area contributed by atoms with E-state index >= 15 is 0 Å². The Bertz CT molecular complexity index is 557. The van der Waals surface area contributed by atoms with E-state index in [0.717, 1.165) is 4.47 Å². The van der Waals surface area contributed by atoms with Gasteiger partial charge in [-0.1, -0.05) is 22.0 Å². The summed E-state index contributed by atoms with van der Waals surface area (Å²) in [4.78, 5) is 14.7. The predicted octanol–water partition coefficient (Wildman–Crippen LogP) is 3.33. The van der Waals surface area contributed by atoms with Crippen molar-refractivity contribution in [3.63, 3.8) is 0 Å². The van der Waals surface area contributed by atoms with Crippen LogP contribution in [0.3, 0.4) is 0 Å². The Labute approximate surface area is 106 Å². The molecular weight excluding hydrogens is 286 g/mol. The molecule has 0 atom stereocenters. The van der Waals surface area contributed by atoms with E-state index in [-0.39, 0.29) is 11.4 Å². The van der Waals surface area contributed by atoms with E-state index in [4.69, 9.17) is 9.84 Å². The van der Waals surface area contributed by atoms with Crippen molar-refractivity contribution in [1.29, 1.82) is 0 Å². The molecule has 0 aliphatic rings. The van der Waals surface area contributed by atoms with Gasteiger partial charge < -0.3 is 9.84 Å². The second-order valence-corrected chi connectivity index (χ2v) is 4.13. The van der Waals surface area contributed by atoms with Crippen LogP contribution in [0.25, 0.3) is 0 Å². The van der Waals surface area contributed by atoms with Crippen LogP contribution in [0.2, 0.25) is 0 Å². The zero-order valence-electron chi connectivity index (χ0n) is 8.63. The van der Waals surface area contributed by atoms with Crippen LogP contribution in [0.15, 0.2) is 47.1 Å². The Hall–Kier alpha value is -1.88. The monoisotopic (exact) mass is 293 g/mol. The highest BCUT2D eigenvalue weighted by molar-refractivity contribution is 9.10. The average molecular weight is 294 g/mol. The van der Waals surface area contributed by atoms with Crippen molar-refractivity contribution in [1.82, 2.24) is 4.98 Å². The molecule has 5 heteroatoms. The molecular formula is C12H8BrNO3. The summed E-state index contributed by atoms with van der Waals surface area (Å²) < 4.78 is 6.34. The molecule has 1 N–H and O–H groups in total. The van der Waals surface area contributed by atoms with E-state index in [1.807, 2.05) is 6.07 Å². The smallest absolute Gasteiger partial charge is 0.358 e. The fourth-order valence-corrected chi connectivity index (χ4v) is 1.67. The predicted molar refractivity (Wildman–Crippen MR) is 65.4 cm³/mol. The van der Waals surface area contributed by atoms with Crippen LogP contribution < -0.4 is 4.74 Å². The topological polar surface area (TPSA) is 59.4 Å². The quantitative estimate of drug-likeness (QED) is 0.943. The van der Waals surface area contributed by atoms with Gasteiger partial charge in [0.2, 0.25) is 0 Å². The van der Waals surface area contributed by atoms with Crippen LogP contribution >= 0.6 is 15.9 Å². The highest BCUT2D eigenvalue weighted by Gasteiger charge is 2.12. The molecule has 17 heavy (non-hydrogen) atoms. The molecule has 1 aromatic heterocycles. The van der Waals surface area contributed by atoms with Crippen molar-refractivity contribution in [2.24, 2.45) is 0 Å². The number of aromatic nitrogens is 1. The number of nitrogens with zero attached hydrogens (tertiary/aromatic N) is 1. The molecule has 0 spiro atoms. The summed E-state index contributed by atoms with van der Waals surface area (Å²) in [6, 6.07) is 10.3. The number of hydrogen-bond acceptors (Lipinski definition) is 3. The third-order valence-electron chi connectivity index (χ3n) is 2.00. The van der Waals surface area contributed by atoms with Crippen molar-refractivity contribution in [3.05, 3.63) is 52.8 Å². The van der Waals surface area contributed by atoms with Crippen LogP contribution in [0.4, 0.5) is 0 Å². The molecule has 2 rings (SSSR count). The molecule has 0 radical (unpaired) electrons. The number of pyridine rings is 1. The van der Waals surface area contributed by atoms with Gasteiger partial charge in [-0.2, -0.15) is 0 Å². The van der Waals surface area contributed by atoms with Crippen LogP contribution in [-0.4, -0.2) is 16.1 Å². The normalized spacial score (nSPS) is 9.94. The van der Waals surface area contributed by atoms with E-state index in [1.54, 1.807) is 30.3 Å². The fourth-order valence-electron chi connectivity index (χ4n) is 1.29. The minimum atomic E-state index is -1.12. The summed E-state index contributed by atoms with van der Waals surface area (Å²) in [6.07, 6.45) is 1.41. The lowest BCUT2D eigenvalue weighted by atomic mass is 10.3. The van der Waals surface area contributed by atoms with Gasteiger partial charge in [-0.25, -0.2) is 9.78 Å². The molecule has 1 heterocycles. The summed E-state index contributed by atoms with van der Waals surface area (Å²) in [5.41, 5.74) is -0.104. The lowest BCUT2D eigenvalue weighted by molar-refractivity contribution is 0.0687. The first-order chi connectivity index (χ1) is 8.16. The summed E-state index contributed by atoms with van der Waals surface area (Å²) in [5, 5.41) is 8.95. The van der Waals surface area contributed by atoms with Gasteiger partial charge in [0.05, 0.1) is 0 Å². The lowest BCUT2D eigenvalue weighted by Gasteiger charge is -2.07. The first-order valence-corrected chi connectivity index (χ1v) is 5.58. The standard InChI is InChI=1S/C12H8BrNO3/c13-8-3-1-4-9(7-8)17-10-5-2-6-14-11(10)12(15)16/h1-7H,(H,15,16). The molecule has 2 aromatic rings. The van der Waals surface area contributed by atoms with Crippen LogP contribution in [-0.2, 0) is 0 Å².